The number of rotatable bonds is 4. The van der Waals surface area contributed by atoms with E-state index in [1.165, 1.54) is 0 Å². The maximum Gasteiger partial charge on any atom is 0.208 e. The highest BCUT2D eigenvalue weighted by Crippen LogP contribution is 2.54. The topological polar surface area (TPSA) is 138 Å². The summed E-state index contributed by atoms with van der Waals surface area (Å²) in [6, 6.07) is 33.3. The van der Waals surface area contributed by atoms with Crippen LogP contribution in [-0.4, -0.2) is 36.7 Å². The van der Waals surface area contributed by atoms with Crippen molar-refractivity contribution < 1.29 is 25.5 Å². The molecule has 1 aliphatic heterocycles. The van der Waals surface area contributed by atoms with Gasteiger partial charge in [0.1, 0.15) is 5.84 Å². The molecule has 8 nitrogen and oxygen atoms in total. The van der Waals surface area contributed by atoms with Crippen molar-refractivity contribution in [2.24, 2.45) is 9.98 Å². The number of phenols is 5. The number of hydrogen-bond acceptors (Lipinski definition) is 8. The van der Waals surface area contributed by atoms with E-state index >= 15 is 0 Å². The smallest absolute Gasteiger partial charge is 0.208 e. The fourth-order valence-corrected chi connectivity index (χ4v) is 5.75. The van der Waals surface area contributed by atoms with Crippen LogP contribution in [0.25, 0.3) is 43.8 Å². The van der Waals surface area contributed by atoms with Crippen LogP contribution < -0.4 is 5.32 Å². The molecule has 1 aliphatic rings. The minimum absolute atomic E-state index is 0.210. The van der Waals surface area contributed by atoms with Gasteiger partial charge in [-0.3, -0.25) is 0 Å². The summed E-state index contributed by atoms with van der Waals surface area (Å²) in [5, 5.41) is 57.6. The Hall–Kier alpha value is -5.73. The molecule has 0 amide bonds. The first kappa shape index (κ1) is 27.1. The van der Waals surface area contributed by atoms with Crippen molar-refractivity contribution in [2.45, 2.75) is 6.17 Å². The predicted octanol–water partition coefficient (Wildman–Crippen LogP) is 7.50. The van der Waals surface area contributed by atoms with Gasteiger partial charge in [0.15, 0.2) is 23.0 Å². The van der Waals surface area contributed by atoms with Crippen molar-refractivity contribution in [1.29, 1.82) is 0 Å². The minimum Gasteiger partial charge on any atom is -0.504 e. The van der Waals surface area contributed by atoms with E-state index in [2.05, 4.69) is 46.7 Å². The second kappa shape index (κ2) is 10.5. The summed E-state index contributed by atoms with van der Waals surface area (Å²) < 4.78 is 0. The normalized spacial score (nSPS) is 14.7. The molecule has 1 unspecified atom stereocenters. The Morgan fingerprint density at radius 1 is 0.545 bits per heavy atom. The Kier molecular flexibility index (Phi) is 6.48. The second-order valence-electron chi connectivity index (χ2n) is 10.4. The van der Waals surface area contributed by atoms with E-state index in [1.807, 2.05) is 48.5 Å². The number of nitrogens with zero attached hydrogens (tertiary/aromatic N) is 2. The quantitative estimate of drug-likeness (QED) is 0.0703. The molecule has 0 saturated heterocycles. The lowest BCUT2D eigenvalue weighted by Crippen LogP contribution is -2.32. The van der Waals surface area contributed by atoms with Gasteiger partial charge in [-0.2, -0.15) is 0 Å². The molecule has 6 N–H and O–H groups in total. The van der Waals surface area contributed by atoms with E-state index in [0.717, 1.165) is 43.8 Å². The van der Waals surface area contributed by atoms with Gasteiger partial charge in [0, 0.05) is 5.56 Å². The van der Waals surface area contributed by atoms with Crippen molar-refractivity contribution >= 4 is 44.3 Å². The van der Waals surface area contributed by atoms with E-state index in [0.29, 0.717) is 11.4 Å². The van der Waals surface area contributed by atoms with Crippen LogP contribution in [0.3, 0.4) is 0 Å². The van der Waals surface area contributed by atoms with Gasteiger partial charge in [-0.15, -0.1) is 0 Å². The molecule has 1 heterocycles. The third kappa shape index (κ3) is 4.58. The van der Waals surface area contributed by atoms with E-state index < -0.39 is 34.9 Å². The molecule has 0 aromatic heterocycles. The van der Waals surface area contributed by atoms with Crippen LogP contribution >= 0.6 is 11.6 Å². The molecular weight excluding hydrogens is 578 g/mol. The van der Waals surface area contributed by atoms with Gasteiger partial charge in [-0.1, -0.05) is 84.9 Å². The fraction of sp³-hybridized carbons (Fsp3) is 0.0286. The van der Waals surface area contributed by atoms with Crippen molar-refractivity contribution in [2.75, 3.05) is 0 Å². The van der Waals surface area contributed by atoms with Gasteiger partial charge in [0.25, 0.3) is 0 Å². The lowest BCUT2D eigenvalue weighted by atomic mass is 9.96. The number of benzene rings is 6. The van der Waals surface area contributed by atoms with Gasteiger partial charge >= 0.3 is 0 Å². The highest BCUT2D eigenvalue weighted by atomic mass is 35.5. The van der Waals surface area contributed by atoms with Crippen LogP contribution in [0.4, 0.5) is 0 Å². The number of hydrogen-bond donors (Lipinski definition) is 6. The van der Waals surface area contributed by atoms with Crippen molar-refractivity contribution in [3.05, 3.63) is 114 Å². The highest BCUT2D eigenvalue weighted by molar-refractivity contribution is 6.66. The lowest BCUT2D eigenvalue weighted by molar-refractivity contribution is 0.330. The number of aliphatic imine (C=N–C) groups is 2. The van der Waals surface area contributed by atoms with Gasteiger partial charge in [0.2, 0.25) is 17.2 Å². The molecule has 216 valence electrons. The average Bonchev–Trinajstić information content (AvgIpc) is 3.06. The van der Waals surface area contributed by atoms with Crippen molar-refractivity contribution in [3.8, 4) is 51.0 Å². The summed E-state index contributed by atoms with van der Waals surface area (Å²) in [6.07, 6.45) is -0.562. The molecule has 0 spiro atoms. The van der Waals surface area contributed by atoms with Gasteiger partial charge in [-0.25, -0.2) is 9.98 Å². The maximum atomic E-state index is 10.4. The number of amidine groups is 2. The number of halogens is 1. The van der Waals surface area contributed by atoms with Crippen LogP contribution in [0.2, 0.25) is 0 Å². The lowest BCUT2D eigenvalue weighted by Gasteiger charge is -2.20. The Bertz CT molecular complexity index is 2160. The highest BCUT2D eigenvalue weighted by Gasteiger charge is 2.25. The molecule has 44 heavy (non-hydrogen) atoms. The van der Waals surface area contributed by atoms with E-state index in [1.54, 1.807) is 18.2 Å². The SMILES string of the molecule is Oc1c(O)c(O)c(-c2ccc3cc(C4=NC(c5cccc(-c6cccc7ccccc67)c5)N=C(Cl)N4)ccc3c2)c(O)c1O. The number of fused-ring (bicyclic) bond motifs is 2. The molecule has 7 rings (SSSR count). The molecule has 0 bridgehead atoms. The van der Waals surface area contributed by atoms with Crippen LogP contribution in [0.1, 0.15) is 17.3 Å². The average molecular weight is 602 g/mol. The first-order chi connectivity index (χ1) is 21.3. The number of nitrogens with one attached hydrogen (secondary N) is 1. The molecule has 6 aromatic carbocycles. The molecule has 0 radical (unpaired) electrons. The third-order valence-corrected chi connectivity index (χ3v) is 7.96. The molecule has 0 aliphatic carbocycles. The molecule has 0 saturated carbocycles. The van der Waals surface area contributed by atoms with Crippen LogP contribution in [0, 0.1) is 0 Å². The van der Waals surface area contributed by atoms with E-state index in [4.69, 9.17) is 16.6 Å². The Labute approximate surface area is 256 Å². The Morgan fingerprint density at radius 3 is 1.95 bits per heavy atom. The zero-order chi connectivity index (χ0) is 30.5. The zero-order valence-electron chi connectivity index (χ0n) is 22.9. The summed E-state index contributed by atoms with van der Waals surface area (Å²) in [6.45, 7) is 0. The number of phenolic OH excluding ortho intramolecular Hbond substituents is 5. The second-order valence-corrected chi connectivity index (χ2v) is 10.8. The van der Waals surface area contributed by atoms with Crippen LogP contribution in [-0.2, 0) is 0 Å². The van der Waals surface area contributed by atoms with Crippen LogP contribution in [0.15, 0.2) is 113 Å². The summed E-state index contributed by atoms with van der Waals surface area (Å²) in [5.41, 5.74) is 3.93. The van der Waals surface area contributed by atoms with Gasteiger partial charge in [-0.05, 0) is 73.6 Å². The van der Waals surface area contributed by atoms with E-state index in [-0.39, 0.29) is 10.9 Å². The monoisotopic (exact) mass is 601 g/mol. The Morgan fingerprint density at radius 2 is 1.18 bits per heavy atom. The number of aromatic hydroxyl groups is 5. The summed E-state index contributed by atoms with van der Waals surface area (Å²) in [4.78, 5) is 9.43. The molecule has 9 heteroatoms. The molecule has 1 atom stereocenters. The third-order valence-electron chi connectivity index (χ3n) is 7.77. The van der Waals surface area contributed by atoms with Crippen LogP contribution in [0.5, 0.6) is 28.7 Å². The van der Waals surface area contributed by atoms with Crippen molar-refractivity contribution in [1.82, 2.24) is 5.32 Å². The summed E-state index contributed by atoms with van der Waals surface area (Å²) in [5.74, 6) is -3.82. The predicted molar refractivity (Wildman–Crippen MR) is 173 cm³/mol. The Balaban J connectivity index is 1.24. The fourth-order valence-electron chi connectivity index (χ4n) is 5.57. The first-order valence-corrected chi connectivity index (χ1v) is 14.1. The summed E-state index contributed by atoms with van der Waals surface area (Å²) >= 11 is 6.47. The van der Waals surface area contributed by atoms with Gasteiger partial charge in [0.05, 0.1) is 5.56 Å². The minimum atomic E-state index is -1.00. The first-order valence-electron chi connectivity index (χ1n) is 13.7. The van der Waals surface area contributed by atoms with Gasteiger partial charge < -0.3 is 30.8 Å². The van der Waals surface area contributed by atoms with E-state index in [9.17, 15) is 25.5 Å². The van der Waals surface area contributed by atoms with Crippen molar-refractivity contribution in [3.63, 3.8) is 0 Å². The zero-order valence-corrected chi connectivity index (χ0v) is 23.7. The maximum absolute atomic E-state index is 10.4. The molecule has 0 fully saturated rings. The largest absolute Gasteiger partial charge is 0.504 e. The molecule has 6 aromatic rings. The standard InChI is InChI=1S/C35H24ClN3O5/c36-35-38-33(23-8-3-7-21(17-23)26-10-4-6-18-5-1-2-9-25(18)26)37-34(39-35)24-14-12-19-15-22(13-11-20(19)16-24)27-28(40)30(42)32(44)31(43)29(27)41/h1-17,33,40-44H,(H,37,38,39). The molecular formula is C35H24ClN3O5. The summed E-state index contributed by atoms with van der Waals surface area (Å²) in [7, 11) is 0.